The molecule has 0 radical (unpaired) electrons. The van der Waals surface area contributed by atoms with Crippen molar-refractivity contribution in [1.29, 1.82) is 0 Å². The molecule has 0 aromatic carbocycles. The Balaban J connectivity index is 1.67. The summed E-state index contributed by atoms with van der Waals surface area (Å²) in [5, 5.41) is 3.06. The third-order valence-electron chi connectivity index (χ3n) is 6.34. The first-order valence-corrected chi connectivity index (χ1v) is 9.87. The summed E-state index contributed by atoms with van der Waals surface area (Å²) in [4.78, 5) is 24.3. The molecule has 4 aliphatic heterocycles. The number of amides is 1. The first-order chi connectivity index (χ1) is 12.5. The highest BCUT2D eigenvalue weighted by Crippen LogP contribution is 2.59. The van der Waals surface area contributed by atoms with E-state index in [0.717, 1.165) is 24.8 Å². The van der Waals surface area contributed by atoms with E-state index in [0.29, 0.717) is 12.5 Å². The number of fused-ring (bicyclic) bond motifs is 2. The highest BCUT2D eigenvalue weighted by atomic mass is 17.3. The molecule has 4 saturated heterocycles. The maximum Gasteiger partial charge on any atom is 0.407 e. The predicted octanol–water partition coefficient (Wildman–Crippen LogP) is 3.29. The summed E-state index contributed by atoms with van der Waals surface area (Å²) in [5.41, 5.74) is -0.470. The number of hydrogen-bond donors (Lipinski definition) is 1. The van der Waals surface area contributed by atoms with Crippen molar-refractivity contribution in [3.8, 4) is 0 Å². The van der Waals surface area contributed by atoms with Gasteiger partial charge in [-0.3, -0.25) is 0 Å². The number of rotatable bonds is 1. The summed E-state index contributed by atoms with van der Waals surface area (Å²) in [6.45, 7) is 14.3. The first-order valence-electron chi connectivity index (χ1n) is 9.87. The van der Waals surface area contributed by atoms with Crippen molar-refractivity contribution in [3.05, 3.63) is 12.2 Å². The van der Waals surface area contributed by atoms with Gasteiger partial charge in [-0.15, -0.1) is 0 Å². The molecule has 1 spiro atoms. The zero-order valence-corrected chi connectivity index (χ0v) is 16.9. The van der Waals surface area contributed by atoms with Crippen LogP contribution in [0.2, 0.25) is 0 Å². The summed E-state index contributed by atoms with van der Waals surface area (Å²) in [6.07, 6.45) is 1.52. The molecular weight excluding hydrogens is 350 g/mol. The molecule has 5 rings (SSSR count). The first kappa shape index (κ1) is 19.2. The van der Waals surface area contributed by atoms with Gasteiger partial charge in [0.1, 0.15) is 5.60 Å². The molecule has 1 saturated carbocycles. The van der Waals surface area contributed by atoms with Gasteiger partial charge >= 0.3 is 6.09 Å². The van der Waals surface area contributed by atoms with E-state index in [2.05, 4.69) is 18.8 Å². The zero-order valence-electron chi connectivity index (χ0n) is 16.9. The van der Waals surface area contributed by atoms with Crippen LogP contribution in [0.1, 0.15) is 53.9 Å². The van der Waals surface area contributed by atoms with E-state index in [1.165, 1.54) is 0 Å². The molecule has 1 aliphatic carbocycles. The molecule has 152 valence electrons. The van der Waals surface area contributed by atoms with E-state index in [-0.39, 0.29) is 17.9 Å². The van der Waals surface area contributed by atoms with Crippen LogP contribution in [0.4, 0.5) is 4.79 Å². The summed E-state index contributed by atoms with van der Waals surface area (Å²) in [7, 11) is 0. The highest BCUT2D eigenvalue weighted by molar-refractivity contribution is 5.68. The van der Waals surface area contributed by atoms with Crippen molar-refractivity contribution in [2.45, 2.75) is 83.2 Å². The van der Waals surface area contributed by atoms with Gasteiger partial charge in [-0.25, -0.2) is 14.6 Å². The second-order valence-electron chi connectivity index (χ2n) is 9.66. The van der Waals surface area contributed by atoms with Gasteiger partial charge in [0.25, 0.3) is 0 Å². The Morgan fingerprint density at radius 2 is 2.07 bits per heavy atom. The maximum atomic E-state index is 12.5. The van der Waals surface area contributed by atoms with E-state index in [1.54, 1.807) is 0 Å². The molecule has 7 nitrogen and oxygen atoms in total. The Hall–Kier alpha value is -1.15. The molecule has 7 atom stereocenters. The van der Waals surface area contributed by atoms with Gasteiger partial charge in [-0.1, -0.05) is 13.5 Å². The number of nitrogens with one attached hydrogen (secondary N) is 1. The molecule has 27 heavy (non-hydrogen) atoms. The monoisotopic (exact) mass is 381 g/mol. The van der Waals surface area contributed by atoms with Gasteiger partial charge < -0.3 is 19.5 Å². The van der Waals surface area contributed by atoms with E-state index in [1.807, 2.05) is 27.7 Å². The fourth-order valence-corrected chi connectivity index (χ4v) is 5.33. The van der Waals surface area contributed by atoms with Crippen molar-refractivity contribution < 1.29 is 28.8 Å². The SMILES string of the molecule is C=C1CO[C@@H]2O[C@@]3(C)CC[C@H]4[C@H](C)C[C@H](NC(=O)OC(C)(C)C)[C@@H]1[C@@]24OO3. The number of ether oxygens (including phenoxy) is 3. The fourth-order valence-electron chi connectivity index (χ4n) is 5.33. The normalized spacial score (nSPS) is 46.4. The van der Waals surface area contributed by atoms with Crippen LogP contribution in [0.25, 0.3) is 0 Å². The lowest BCUT2D eigenvalue weighted by molar-refractivity contribution is -0.560. The fraction of sp³-hybridized carbons (Fsp3) is 0.850. The molecule has 2 bridgehead atoms. The lowest BCUT2D eigenvalue weighted by atomic mass is 9.58. The number of hydrogen-bond acceptors (Lipinski definition) is 6. The Labute approximate surface area is 160 Å². The summed E-state index contributed by atoms with van der Waals surface area (Å²) in [6, 6.07) is -0.181. The van der Waals surface area contributed by atoms with Gasteiger partial charge in [0.2, 0.25) is 5.79 Å². The molecule has 0 aromatic heterocycles. The minimum Gasteiger partial charge on any atom is -0.444 e. The lowest BCUT2D eigenvalue weighted by Crippen LogP contribution is -2.72. The van der Waals surface area contributed by atoms with Crippen molar-refractivity contribution in [2.24, 2.45) is 17.8 Å². The van der Waals surface area contributed by atoms with Crippen LogP contribution < -0.4 is 5.32 Å². The maximum absolute atomic E-state index is 12.5. The molecule has 5 fully saturated rings. The van der Waals surface area contributed by atoms with Gasteiger partial charge in [0, 0.05) is 18.4 Å². The molecular formula is C20H31NO6. The smallest absolute Gasteiger partial charge is 0.407 e. The minimum atomic E-state index is -0.803. The van der Waals surface area contributed by atoms with Crippen molar-refractivity contribution in [2.75, 3.05) is 6.61 Å². The minimum absolute atomic E-state index is 0.160. The van der Waals surface area contributed by atoms with Gasteiger partial charge in [-0.2, -0.15) is 0 Å². The van der Waals surface area contributed by atoms with Crippen LogP contribution in [0.15, 0.2) is 12.2 Å². The van der Waals surface area contributed by atoms with Crippen molar-refractivity contribution in [3.63, 3.8) is 0 Å². The zero-order chi connectivity index (χ0) is 19.6. The average Bonchev–Trinajstić information content (AvgIpc) is 2.75. The van der Waals surface area contributed by atoms with Crippen LogP contribution in [-0.4, -0.2) is 42.0 Å². The van der Waals surface area contributed by atoms with Gasteiger partial charge in [0.15, 0.2) is 11.9 Å². The summed E-state index contributed by atoms with van der Waals surface area (Å²) < 4.78 is 17.7. The number of alkyl carbamates (subject to hydrolysis) is 1. The molecule has 0 unspecified atom stereocenters. The van der Waals surface area contributed by atoms with Gasteiger partial charge in [-0.05, 0) is 57.9 Å². The Bertz CT molecular complexity index is 645. The van der Waals surface area contributed by atoms with E-state index >= 15 is 0 Å². The van der Waals surface area contributed by atoms with E-state index in [4.69, 9.17) is 24.0 Å². The van der Waals surface area contributed by atoms with Gasteiger partial charge in [0.05, 0.1) is 6.61 Å². The van der Waals surface area contributed by atoms with E-state index in [9.17, 15) is 4.79 Å². The number of carbonyl (C=O) groups is 1. The second kappa shape index (κ2) is 6.17. The largest absolute Gasteiger partial charge is 0.444 e. The van der Waals surface area contributed by atoms with Crippen LogP contribution in [0, 0.1) is 17.8 Å². The quantitative estimate of drug-likeness (QED) is 0.555. The second-order valence-corrected chi connectivity index (χ2v) is 9.66. The van der Waals surface area contributed by atoms with Crippen molar-refractivity contribution in [1.82, 2.24) is 5.32 Å². The lowest BCUT2D eigenvalue weighted by Gasteiger charge is -2.59. The Morgan fingerprint density at radius 1 is 1.33 bits per heavy atom. The third kappa shape index (κ3) is 3.09. The topological polar surface area (TPSA) is 75.3 Å². The van der Waals surface area contributed by atoms with E-state index < -0.39 is 29.4 Å². The standard InChI is InChI=1S/C20H31NO6/c1-11-9-14(21-17(22)25-18(3,4)5)15-12(2)10-23-16-20(15)13(11)7-8-19(6,24-16)26-27-20/h11,13-16H,2,7-10H2,1,3-6H3,(H,21,22)/t11-,13+,14+,15-,16-,19-,20-/m1/s1. The van der Waals surface area contributed by atoms with Crippen LogP contribution in [0.3, 0.4) is 0 Å². The Morgan fingerprint density at radius 3 is 2.78 bits per heavy atom. The number of carbonyl (C=O) groups excluding carboxylic acids is 1. The van der Waals surface area contributed by atoms with Crippen LogP contribution in [-0.2, 0) is 24.0 Å². The molecule has 1 N–H and O–H groups in total. The molecule has 7 heteroatoms. The molecule has 5 aliphatic rings. The molecule has 1 amide bonds. The van der Waals surface area contributed by atoms with Crippen molar-refractivity contribution >= 4 is 6.09 Å². The molecule has 0 aromatic rings. The third-order valence-corrected chi connectivity index (χ3v) is 6.34. The average molecular weight is 381 g/mol. The highest BCUT2D eigenvalue weighted by Gasteiger charge is 2.69. The summed E-state index contributed by atoms with van der Waals surface area (Å²) >= 11 is 0. The predicted molar refractivity (Wildman–Crippen MR) is 96.4 cm³/mol. The van der Waals surface area contributed by atoms with Crippen LogP contribution >= 0.6 is 0 Å². The molecule has 4 heterocycles. The van der Waals surface area contributed by atoms with Crippen LogP contribution in [0.5, 0.6) is 0 Å². The Kier molecular flexibility index (Phi) is 4.39. The summed E-state index contributed by atoms with van der Waals surface area (Å²) in [5.74, 6) is -0.464.